The normalized spacial score (nSPS) is 11.5. The topological polar surface area (TPSA) is 76.8 Å². The predicted molar refractivity (Wildman–Crippen MR) is 122 cm³/mol. The van der Waals surface area contributed by atoms with Gasteiger partial charge in [-0.3, -0.25) is 15.5 Å². The van der Waals surface area contributed by atoms with E-state index < -0.39 is 22.4 Å². The van der Waals surface area contributed by atoms with E-state index in [1.807, 2.05) is 30.3 Å². The molecule has 0 saturated heterocycles. The van der Waals surface area contributed by atoms with Crippen molar-refractivity contribution in [3.63, 3.8) is 0 Å². The fourth-order valence-corrected chi connectivity index (χ4v) is 4.10. The highest BCUT2D eigenvalue weighted by molar-refractivity contribution is 9.11. The second kappa shape index (κ2) is 10.1. The molecule has 0 aliphatic rings. The van der Waals surface area contributed by atoms with Gasteiger partial charge in [-0.25, -0.2) is 0 Å². The summed E-state index contributed by atoms with van der Waals surface area (Å²) in [6.07, 6.45) is -3.31. The number of nitrogens with one attached hydrogen (secondary N) is 1. The number of hydrazone groups is 1. The van der Waals surface area contributed by atoms with Gasteiger partial charge in [0.2, 0.25) is 0 Å². The van der Waals surface area contributed by atoms with Crippen LogP contribution in [0.1, 0.15) is 16.7 Å². The molecule has 3 aromatic carbocycles. The van der Waals surface area contributed by atoms with Crippen molar-refractivity contribution < 1.29 is 22.8 Å². The van der Waals surface area contributed by atoms with E-state index in [1.54, 1.807) is 12.1 Å². The van der Waals surface area contributed by atoms with Crippen molar-refractivity contribution in [3.05, 3.63) is 96.4 Å². The Bertz CT molecular complexity index is 1130. The first-order valence-corrected chi connectivity index (χ1v) is 10.5. The highest BCUT2D eigenvalue weighted by Gasteiger charge is 2.33. The van der Waals surface area contributed by atoms with Crippen LogP contribution in [0, 0.1) is 10.1 Å². The summed E-state index contributed by atoms with van der Waals surface area (Å²) in [5.41, 5.74) is 2.02. The third kappa shape index (κ3) is 6.07. The molecule has 3 rings (SSSR count). The molecule has 0 amide bonds. The number of benzene rings is 3. The van der Waals surface area contributed by atoms with E-state index in [2.05, 4.69) is 42.4 Å². The van der Waals surface area contributed by atoms with Crippen LogP contribution in [0.4, 0.5) is 24.5 Å². The predicted octanol–water partition coefficient (Wildman–Crippen LogP) is 7.16. The summed E-state index contributed by atoms with van der Waals surface area (Å²) >= 11 is 6.87. The number of hydrogen-bond acceptors (Lipinski definition) is 5. The zero-order valence-corrected chi connectivity index (χ0v) is 19.2. The Hall–Kier alpha value is -2.92. The van der Waals surface area contributed by atoms with Crippen molar-refractivity contribution in [2.24, 2.45) is 5.10 Å². The molecule has 0 bridgehead atoms. The average molecular weight is 573 g/mol. The van der Waals surface area contributed by atoms with Gasteiger partial charge in [0.25, 0.3) is 5.69 Å². The van der Waals surface area contributed by atoms with Crippen molar-refractivity contribution in [1.29, 1.82) is 0 Å². The van der Waals surface area contributed by atoms with E-state index in [4.69, 9.17) is 4.74 Å². The van der Waals surface area contributed by atoms with Gasteiger partial charge < -0.3 is 4.74 Å². The van der Waals surface area contributed by atoms with Crippen LogP contribution in [0.25, 0.3) is 0 Å². The Morgan fingerprint density at radius 3 is 2.31 bits per heavy atom. The monoisotopic (exact) mass is 571 g/mol. The van der Waals surface area contributed by atoms with Crippen LogP contribution < -0.4 is 10.2 Å². The molecule has 0 atom stereocenters. The van der Waals surface area contributed by atoms with Crippen LogP contribution in [0.15, 0.2) is 74.7 Å². The van der Waals surface area contributed by atoms with Gasteiger partial charge in [-0.15, -0.1) is 0 Å². The lowest BCUT2D eigenvalue weighted by Crippen LogP contribution is -2.06. The molecule has 6 nitrogen and oxygen atoms in total. The molecular weight excluding hydrogens is 559 g/mol. The lowest BCUT2D eigenvalue weighted by Gasteiger charge is -2.11. The Morgan fingerprint density at radius 1 is 1.06 bits per heavy atom. The van der Waals surface area contributed by atoms with Gasteiger partial charge in [-0.1, -0.05) is 30.3 Å². The average Bonchev–Trinajstić information content (AvgIpc) is 2.73. The molecule has 0 unspecified atom stereocenters. The minimum absolute atomic E-state index is 0.166. The fourth-order valence-electron chi connectivity index (χ4n) is 2.65. The summed E-state index contributed by atoms with van der Waals surface area (Å²) in [4.78, 5) is 10.2. The first-order chi connectivity index (χ1) is 15.1. The van der Waals surface area contributed by atoms with Crippen LogP contribution in [0.3, 0.4) is 0 Å². The number of alkyl halides is 3. The number of rotatable bonds is 7. The summed E-state index contributed by atoms with van der Waals surface area (Å²) in [6, 6.07) is 15.2. The highest BCUT2D eigenvalue weighted by Crippen LogP contribution is 2.36. The van der Waals surface area contributed by atoms with Gasteiger partial charge >= 0.3 is 6.18 Å². The van der Waals surface area contributed by atoms with Gasteiger partial charge in [0.15, 0.2) is 0 Å². The second-order valence-corrected chi connectivity index (χ2v) is 8.15. The first-order valence-electron chi connectivity index (χ1n) is 8.95. The summed E-state index contributed by atoms with van der Waals surface area (Å²) in [6.45, 7) is 0.366. The highest BCUT2D eigenvalue weighted by atomic mass is 79.9. The molecule has 0 fully saturated rings. The van der Waals surface area contributed by atoms with Crippen molar-refractivity contribution in [1.82, 2.24) is 0 Å². The van der Waals surface area contributed by atoms with E-state index >= 15 is 0 Å². The maximum absolute atomic E-state index is 12.8. The summed E-state index contributed by atoms with van der Waals surface area (Å²) in [5, 5.41) is 15.1. The van der Waals surface area contributed by atoms with Gasteiger partial charge in [0.05, 0.1) is 25.6 Å². The first kappa shape index (κ1) is 23.7. The van der Waals surface area contributed by atoms with Gasteiger partial charge in [0, 0.05) is 6.07 Å². The maximum atomic E-state index is 12.8. The molecule has 32 heavy (non-hydrogen) atoms. The molecular formula is C21H14Br2F3N3O3. The lowest BCUT2D eigenvalue weighted by atomic mass is 10.1. The standard InChI is InChI=1S/C21H14Br2F3N3O3/c22-16-8-14(9-17(23)20(16)32-12-13-4-2-1-3-5-13)11-27-28-18-7-6-15(21(24,25)26)10-19(18)29(30)31/h1-11,28H,12H2/b27-11-. The molecule has 0 saturated carbocycles. The Labute approximate surface area is 197 Å². The zero-order chi connectivity index (χ0) is 23.3. The molecule has 1 N–H and O–H groups in total. The van der Waals surface area contributed by atoms with E-state index in [1.165, 1.54) is 6.21 Å². The number of ether oxygens (including phenoxy) is 1. The molecule has 0 spiro atoms. The van der Waals surface area contributed by atoms with Crippen LogP contribution >= 0.6 is 31.9 Å². The summed E-state index contributed by atoms with van der Waals surface area (Å²) < 4.78 is 45.5. The van der Waals surface area contributed by atoms with Gasteiger partial charge in [-0.05, 0) is 67.3 Å². The number of nitrogens with zero attached hydrogens (tertiary/aromatic N) is 2. The zero-order valence-electron chi connectivity index (χ0n) is 16.1. The van der Waals surface area contributed by atoms with Crippen LogP contribution in [-0.2, 0) is 12.8 Å². The third-order valence-corrected chi connectivity index (χ3v) is 5.35. The third-order valence-electron chi connectivity index (χ3n) is 4.17. The van der Waals surface area contributed by atoms with Crippen LogP contribution in [-0.4, -0.2) is 11.1 Å². The number of halogens is 5. The van der Waals surface area contributed by atoms with Crippen molar-refractivity contribution in [2.75, 3.05) is 5.43 Å². The lowest BCUT2D eigenvalue weighted by molar-refractivity contribution is -0.384. The van der Waals surface area contributed by atoms with Crippen LogP contribution in [0.2, 0.25) is 0 Å². The minimum Gasteiger partial charge on any atom is -0.487 e. The molecule has 0 aliphatic heterocycles. The van der Waals surface area contributed by atoms with E-state index in [9.17, 15) is 23.3 Å². The second-order valence-electron chi connectivity index (χ2n) is 6.44. The Balaban J connectivity index is 1.74. The molecule has 0 aliphatic carbocycles. The summed E-state index contributed by atoms with van der Waals surface area (Å²) in [7, 11) is 0. The molecule has 0 radical (unpaired) electrons. The van der Waals surface area contributed by atoms with Gasteiger partial charge in [-0.2, -0.15) is 18.3 Å². The van der Waals surface area contributed by atoms with Crippen LogP contribution in [0.5, 0.6) is 5.75 Å². The molecule has 11 heteroatoms. The SMILES string of the molecule is O=[N+]([O-])c1cc(C(F)(F)F)ccc1N/N=C\c1cc(Br)c(OCc2ccccc2)c(Br)c1. The molecule has 0 aromatic heterocycles. The van der Waals surface area contributed by atoms with Crippen molar-refractivity contribution in [3.8, 4) is 5.75 Å². The van der Waals surface area contributed by atoms with Gasteiger partial charge in [0.1, 0.15) is 18.0 Å². The quantitative estimate of drug-likeness (QED) is 0.185. The van der Waals surface area contributed by atoms with Crippen molar-refractivity contribution >= 4 is 49.4 Å². The smallest absolute Gasteiger partial charge is 0.416 e. The van der Waals surface area contributed by atoms with E-state index in [0.29, 0.717) is 32.9 Å². The van der Waals surface area contributed by atoms with E-state index in [0.717, 1.165) is 17.7 Å². The number of anilines is 1. The Kier molecular flexibility index (Phi) is 7.52. The number of nitro benzene ring substituents is 1. The molecule has 0 heterocycles. The summed E-state index contributed by atoms with van der Waals surface area (Å²) in [5.74, 6) is 0.581. The maximum Gasteiger partial charge on any atom is 0.416 e. The number of nitro groups is 1. The van der Waals surface area contributed by atoms with Crippen molar-refractivity contribution in [2.45, 2.75) is 12.8 Å². The molecule has 3 aromatic rings. The van der Waals surface area contributed by atoms with E-state index in [-0.39, 0.29) is 5.69 Å². The fraction of sp³-hybridized carbons (Fsp3) is 0.0952. The largest absolute Gasteiger partial charge is 0.487 e. The number of hydrogen-bond donors (Lipinski definition) is 1. The molecule has 166 valence electrons. The minimum atomic E-state index is -4.69. The Morgan fingerprint density at radius 2 is 1.72 bits per heavy atom.